The third-order valence-electron chi connectivity index (χ3n) is 5.17. The molecule has 5 heteroatoms. The van der Waals surface area contributed by atoms with Crippen LogP contribution in [0.15, 0.2) is 4.99 Å². The van der Waals surface area contributed by atoms with E-state index in [9.17, 15) is 0 Å². The fourth-order valence-corrected chi connectivity index (χ4v) is 3.60. The minimum absolute atomic E-state index is 0.505. The van der Waals surface area contributed by atoms with Gasteiger partial charge in [0.05, 0.1) is 6.54 Å². The summed E-state index contributed by atoms with van der Waals surface area (Å²) in [6.07, 6.45) is 4.11. The molecule has 0 aliphatic carbocycles. The minimum Gasteiger partial charge on any atom is -0.357 e. The molecule has 2 saturated heterocycles. The molecule has 0 aromatic heterocycles. The van der Waals surface area contributed by atoms with E-state index in [1.165, 1.54) is 38.9 Å². The van der Waals surface area contributed by atoms with Crippen LogP contribution in [-0.2, 0) is 0 Å². The zero-order valence-corrected chi connectivity index (χ0v) is 15.6. The molecule has 134 valence electrons. The number of piperidine rings is 1. The maximum Gasteiger partial charge on any atom is 0.191 e. The minimum atomic E-state index is 0.505. The summed E-state index contributed by atoms with van der Waals surface area (Å²) in [6, 6.07) is 1.13. The lowest BCUT2D eigenvalue weighted by Crippen LogP contribution is -2.47. The first-order valence-corrected chi connectivity index (χ1v) is 9.61. The number of nitrogens with one attached hydrogen (secondary N) is 2. The summed E-state index contributed by atoms with van der Waals surface area (Å²) in [5.41, 5.74) is 0. The molecule has 0 bridgehead atoms. The maximum absolute atomic E-state index is 4.81. The standard InChI is InChI=1S/C18H37N5/c1-5-19-18(20-9-12-22-10-7-6-8-11-22)21-17-14-23(15(2)3)13-16(17)4/h15-17H,5-14H2,1-4H3,(H2,19,20,21). The second-order valence-electron chi connectivity index (χ2n) is 7.44. The molecule has 23 heavy (non-hydrogen) atoms. The van der Waals surface area contributed by atoms with Crippen molar-refractivity contribution < 1.29 is 0 Å². The number of guanidine groups is 1. The molecule has 0 spiro atoms. The van der Waals surface area contributed by atoms with E-state index in [1.807, 2.05) is 0 Å². The quantitative estimate of drug-likeness (QED) is 0.577. The molecular formula is C18H37N5. The van der Waals surface area contributed by atoms with Gasteiger partial charge in [0, 0.05) is 38.3 Å². The lowest BCUT2D eigenvalue weighted by molar-refractivity contribution is 0.235. The van der Waals surface area contributed by atoms with Gasteiger partial charge in [0.1, 0.15) is 0 Å². The van der Waals surface area contributed by atoms with Crippen molar-refractivity contribution in [1.82, 2.24) is 20.4 Å². The Labute approximate surface area is 142 Å². The highest BCUT2D eigenvalue weighted by atomic mass is 15.3. The van der Waals surface area contributed by atoms with Crippen LogP contribution in [0.25, 0.3) is 0 Å². The van der Waals surface area contributed by atoms with Crippen LogP contribution >= 0.6 is 0 Å². The smallest absolute Gasteiger partial charge is 0.191 e. The summed E-state index contributed by atoms with van der Waals surface area (Å²) in [7, 11) is 0. The molecule has 0 aromatic rings. The number of hydrogen-bond donors (Lipinski definition) is 2. The van der Waals surface area contributed by atoms with Crippen molar-refractivity contribution in [3.63, 3.8) is 0 Å². The van der Waals surface area contributed by atoms with E-state index in [-0.39, 0.29) is 0 Å². The predicted octanol–water partition coefficient (Wildman–Crippen LogP) is 1.76. The monoisotopic (exact) mass is 323 g/mol. The highest BCUT2D eigenvalue weighted by Gasteiger charge is 2.31. The van der Waals surface area contributed by atoms with Crippen molar-refractivity contribution in [1.29, 1.82) is 0 Å². The molecule has 2 aliphatic rings. The summed E-state index contributed by atoms with van der Waals surface area (Å²) in [4.78, 5) is 9.92. The zero-order chi connectivity index (χ0) is 16.7. The van der Waals surface area contributed by atoms with E-state index in [0.717, 1.165) is 32.1 Å². The highest BCUT2D eigenvalue weighted by Crippen LogP contribution is 2.18. The molecule has 2 unspecified atom stereocenters. The molecule has 2 fully saturated rings. The van der Waals surface area contributed by atoms with Crippen LogP contribution in [-0.4, -0.2) is 73.7 Å². The Hall–Kier alpha value is -0.810. The topological polar surface area (TPSA) is 42.9 Å². The van der Waals surface area contributed by atoms with Crippen LogP contribution in [0.3, 0.4) is 0 Å². The van der Waals surface area contributed by atoms with Crippen molar-refractivity contribution >= 4 is 5.96 Å². The molecule has 2 heterocycles. The second kappa shape index (κ2) is 9.48. The van der Waals surface area contributed by atoms with Gasteiger partial charge in [-0.05, 0) is 52.6 Å². The van der Waals surface area contributed by atoms with Crippen LogP contribution in [0.4, 0.5) is 0 Å². The summed E-state index contributed by atoms with van der Waals surface area (Å²) in [6.45, 7) is 16.8. The summed E-state index contributed by atoms with van der Waals surface area (Å²) >= 11 is 0. The Kier molecular flexibility index (Phi) is 7.63. The highest BCUT2D eigenvalue weighted by molar-refractivity contribution is 5.80. The van der Waals surface area contributed by atoms with Crippen molar-refractivity contribution in [2.45, 2.75) is 59.0 Å². The Morgan fingerprint density at radius 2 is 1.91 bits per heavy atom. The molecule has 2 atom stereocenters. The van der Waals surface area contributed by atoms with Crippen LogP contribution in [0, 0.1) is 5.92 Å². The first-order valence-electron chi connectivity index (χ1n) is 9.61. The van der Waals surface area contributed by atoms with Crippen LogP contribution in [0.5, 0.6) is 0 Å². The van der Waals surface area contributed by atoms with Gasteiger partial charge < -0.3 is 15.5 Å². The molecule has 0 radical (unpaired) electrons. The lowest BCUT2D eigenvalue weighted by atomic mass is 10.1. The lowest BCUT2D eigenvalue weighted by Gasteiger charge is -2.26. The van der Waals surface area contributed by atoms with Crippen LogP contribution in [0.1, 0.15) is 47.0 Å². The van der Waals surface area contributed by atoms with Gasteiger partial charge in [0.2, 0.25) is 0 Å². The van der Waals surface area contributed by atoms with E-state index in [1.54, 1.807) is 0 Å². The molecule has 0 aromatic carbocycles. The van der Waals surface area contributed by atoms with Crippen molar-refractivity contribution in [2.24, 2.45) is 10.9 Å². The van der Waals surface area contributed by atoms with E-state index >= 15 is 0 Å². The summed E-state index contributed by atoms with van der Waals surface area (Å²) in [5, 5.41) is 7.08. The Balaban J connectivity index is 1.81. The van der Waals surface area contributed by atoms with Crippen LogP contribution < -0.4 is 10.6 Å². The van der Waals surface area contributed by atoms with Gasteiger partial charge in [-0.3, -0.25) is 9.89 Å². The zero-order valence-electron chi connectivity index (χ0n) is 15.6. The first kappa shape index (κ1) is 18.5. The Morgan fingerprint density at radius 1 is 1.17 bits per heavy atom. The Bertz CT molecular complexity index is 362. The molecule has 0 saturated carbocycles. The van der Waals surface area contributed by atoms with E-state index in [2.05, 4.69) is 48.1 Å². The van der Waals surface area contributed by atoms with E-state index < -0.39 is 0 Å². The molecular weight excluding hydrogens is 286 g/mol. The maximum atomic E-state index is 4.81. The number of aliphatic imine (C=N–C) groups is 1. The van der Waals surface area contributed by atoms with Gasteiger partial charge in [0.15, 0.2) is 5.96 Å². The van der Waals surface area contributed by atoms with Gasteiger partial charge in [-0.2, -0.15) is 0 Å². The van der Waals surface area contributed by atoms with Gasteiger partial charge in [0.25, 0.3) is 0 Å². The van der Waals surface area contributed by atoms with Crippen molar-refractivity contribution in [3.8, 4) is 0 Å². The molecule has 5 nitrogen and oxygen atoms in total. The number of likely N-dealkylation sites (tertiary alicyclic amines) is 2. The molecule has 0 amide bonds. The predicted molar refractivity (Wildman–Crippen MR) is 99.1 cm³/mol. The third-order valence-corrected chi connectivity index (χ3v) is 5.17. The fraction of sp³-hybridized carbons (Fsp3) is 0.944. The van der Waals surface area contributed by atoms with E-state index in [0.29, 0.717) is 18.0 Å². The van der Waals surface area contributed by atoms with Gasteiger partial charge in [-0.1, -0.05) is 13.3 Å². The number of nitrogens with zero attached hydrogens (tertiary/aromatic N) is 3. The van der Waals surface area contributed by atoms with Gasteiger partial charge in [-0.25, -0.2) is 0 Å². The average Bonchev–Trinajstić information content (AvgIpc) is 2.90. The molecule has 2 N–H and O–H groups in total. The van der Waals surface area contributed by atoms with E-state index in [4.69, 9.17) is 4.99 Å². The van der Waals surface area contributed by atoms with Gasteiger partial charge >= 0.3 is 0 Å². The number of hydrogen-bond acceptors (Lipinski definition) is 3. The largest absolute Gasteiger partial charge is 0.357 e. The van der Waals surface area contributed by atoms with Gasteiger partial charge in [-0.15, -0.1) is 0 Å². The first-order chi connectivity index (χ1) is 11.1. The Morgan fingerprint density at radius 3 is 2.52 bits per heavy atom. The normalized spacial score (nSPS) is 27.6. The second-order valence-corrected chi connectivity index (χ2v) is 7.44. The van der Waals surface area contributed by atoms with Crippen LogP contribution in [0.2, 0.25) is 0 Å². The average molecular weight is 324 g/mol. The van der Waals surface area contributed by atoms with Crippen molar-refractivity contribution in [3.05, 3.63) is 0 Å². The molecule has 2 aliphatic heterocycles. The third kappa shape index (κ3) is 5.96. The number of rotatable bonds is 6. The fourth-order valence-electron chi connectivity index (χ4n) is 3.60. The summed E-state index contributed by atoms with van der Waals surface area (Å²) in [5.74, 6) is 1.66. The van der Waals surface area contributed by atoms with Crippen molar-refractivity contribution in [2.75, 3.05) is 45.8 Å². The SMILES string of the molecule is CCNC(=NCCN1CCCCC1)NC1CN(C(C)C)CC1C. The summed E-state index contributed by atoms with van der Waals surface area (Å²) < 4.78 is 0. The molecule has 2 rings (SSSR count).